The molecule has 2 aromatic rings. The summed E-state index contributed by atoms with van der Waals surface area (Å²) in [5, 5.41) is 0.467. The maximum absolute atomic E-state index is 12.9. The van der Waals surface area contributed by atoms with Crippen molar-refractivity contribution < 1.29 is 17.9 Å². The van der Waals surface area contributed by atoms with E-state index in [1.165, 1.54) is 4.57 Å². The second kappa shape index (κ2) is 7.09. The summed E-state index contributed by atoms with van der Waals surface area (Å²) in [6.45, 7) is 6.89. The van der Waals surface area contributed by atoms with Gasteiger partial charge in [-0.1, -0.05) is 17.7 Å². The molecule has 0 saturated carbocycles. The van der Waals surface area contributed by atoms with Crippen LogP contribution in [0.15, 0.2) is 23.1 Å². The third-order valence-corrected chi connectivity index (χ3v) is 6.15. The predicted molar refractivity (Wildman–Crippen MR) is 97.8 cm³/mol. The average Bonchev–Trinajstić information content (AvgIpc) is 2.74. The Morgan fingerprint density at radius 1 is 1.24 bits per heavy atom. The largest absolute Gasteiger partial charge is 0.461 e. The number of hydrogen-bond donors (Lipinski definition) is 1. The van der Waals surface area contributed by atoms with Gasteiger partial charge in [-0.3, -0.25) is 4.72 Å². The fraction of sp³-hybridized carbons (Fsp3) is 0.353. The Morgan fingerprint density at radius 3 is 2.48 bits per heavy atom. The van der Waals surface area contributed by atoms with Gasteiger partial charge in [0.15, 0.2) is 0 Å². The fourth-order valence-corrected chi connectivity index (χ4v) is 4.56. The Bertz CT molecular complexity index is 933. The normalized spacial score (nSPS) is 11.4. The number of ether oxygens (including phenoxy) is 1. The van der Waals surface area contributed by atoms with Crippen LogP contribution in [-0.4, -0.2) is 25.6 Å². The third kappa shape index (κ3) is 3.52. The average molecular weight is 385 g/mol. The summed E-state index contributed by atoms with van der Waals surface area (Å²) in [4.78, 5) is 12.2. The highest BCUT2D eigenvalue weighted by molar-refractivity contribution is 7.92. The summed E-state index contributed by atoms with van der Waals surface area (Å²) >= 11 is 6.06. The van der Waals surface area contributed by atoms with E-state index in [0.29, 0.717) is 27.5 Å². The SMILES string of the molecule is CCOC(=O)c1c(C)c(S(=O)(=O)Nc2cccc(Cl)c2C)c(C)n1C. The van der Waals surface area contributed by atoms with Gasteiger partial charge in [0.25, 0.3) is 10.0 Å². The molecule has 1 N–H and O–H groups in total. The number of esters is 1. The molecule has 0 spiro atoms. The minimum atomic E-state index is -3.90. The molecule has 0 atom stereocenters. The maximum atomic E-state index is 12.9. The van der Waals surface area contributed by atoms with Gasteiger partial charge in [-0.05, 0) is 45.4 Å². The number of carbonyl (C=O) groups excluding carboxylic acids is 1. The number of nitrogens with one attached hydrogen (secondary N) is 1. The monoisotopic (exact) mass is 384 g/mol. The van der Waals surface area contributed by atoms with Gasteiger partial charge in [-0.15, -0.1) is 0 Å². The molecule has 8 heteroatoms. The second-order valence-electron chi connectivity index (χ2n) is 5.69. The van der Waals surface area contributed by atoms with Gasteiger partial charge in [0.05, 0.1) is 12.3 Å². The number of anilines is 1. The van der Waals surface area contributed by atoms with Crippen LogP contribution in [0.25, 0.3) is 0 Å². The van der Waals surface area contributed by atoms with E-state index in [0.717, 1.165) is 0 Å². The molecule has 0 aliphatic rings. The van der Waals surface area contributed by atoms with Crippen LogP contribution in [0.4, 0.5) is 5.69 Å². The highest BCUT2D eigenvalue weighted by Crippen LogP contribution is 2.30. The molecule has 6 nitrogen and oxygen atoms in total. The smallest absolute Gasteiger partial charge is 0.355 e. The highest BCUT2D eigenvalue weighted by Gasteiger charge is 2.29. The van der Waals surface area contributed by atoms with Gasteiger partial charge >= 0.3 is 5.97 Å². The van der Waals surface area contributed by atoms with Crippen LogP contribution >= 0.6 is 11.6 Å². The predicted octanol–water partition coefficient (Wildman–Crippen LogP) is 3.58. The minimum absolute atomic E-state index is 0.0671. The Balaban J connectivity index is 2.55. The van der Waals surface area contributed by atoms with Crippen LogP contribution in [0.2, 0.25) is 5.02 Å². The van der Waals surface area contributed by atoms with E-state index in [9.17, 15) is 13.2 Å². The van der Waals surface area contributed by atoms with Crippen molar-refractivity contribution in [3.63, 3.8) is 0 Å². The van der Waals surface area contributed by atoms with Gasteiger partial charge < -0.3 is 9.30 Å². The molecule has 0 aliphatic heterocycles. The van der Waals surface area contributed by atoms with Crippen molar-refractivity contribution in [1.82, 2.24) is 4.57 Å². The first kappa shape index (κ1) is 19.3. The molecule has 0 saturated heterocycles. The van der Waals surface area contributed by atoms with Crippen LogP contribution in [0.1, 0.15) is 34.2 Å². The highest BCUT2D eigenvalue weighted by atomic mass is 35.5. The van der Waals surface area contributed by atoms with E-state index in [1.807, 2.05) is 0 Å². The van der Waals surface area contributed by atoms with Crippen LogP contribution < -0.4 is 4.72 Å². The fourth-order valence-electron chi connectivity index (χ4n) is 2.75. The molecule has 2 rings (SSSR count). The van der Waals surface area contributed by atoms with Crippen molar-refractivity contribution in [3.8, 4) is 0 Å². The topological polar surface area (TPSA) is 77.4 Å². The molecule has 1 heterocycles. The number of aromatic nitrogens is 1. The molecule has 1 aromatic carbocycles. The standard InChI is InChI=1S/C17H21ClN2O4S/c1-6-24-17(21)15-11(3)16(12(4)20(15)5)25(22,23)19-14-9-7-8-13(18)10(14)2/h7-9,19H,6H2,1-5H3. The Labute approximate surface area is 152 Å². The maximum Gasteiger partial charge on any atom is 0.355 e. The number of nitrogens with zero attached hydrogens (tertiary/aromatic N) is 1. The van der Waals surface area contributed by atoms with Crippen LogP contribution in [0.3, 0.4) is 0 Å². The first-order valence-corrected chi connectivity index (χ1v) is 9.58. The number of sulfonamides is 1. The van der Waals surface area contributed by atoms with E-state index in [1.54, 1.807) is 52.9 Å². The van der Waals surface area contributed by atoms with E-state index in [-0.39, 0.29) is 17.2 Å². The lowest BCUT2D eigenvalue weighted by Gasteiger charge is -2.12. The summed E-state index contributed by atoms with van der Waals surface area (Å²) in [6, 6.07) is 4.99. The molecule has 25 heavy (non-hydrogen) atoms. The zero-order valence-corrected chi connectivity index (χ0v) is 16.4. The van der Waals surface area contributed by atoms with Crippen LogP contribution in [0.5, 0.6) is 0 Å². The van der Waals surface area contributed by atoms with Crippen molar-refractivity contribution in [1.29, 1.82) is 0 Å². The molecule has 0 bridgehead atoms. The summed E-state index contributed by atoms with van der Waals surface area (Å²) < 4.78 is 35.0. The zero-order chi connectivity index (χ0) is 18.9. The summed E-state index contributed by atoms with van der Waals surface area (Å²) in [5.41, 5.74) is 2.05. The second-order valence-corrected chi connectivity index (χ2v) is 7.71. The van der Waals surface area contributed by atoms with Crippen molar-refractivity contribution in [3.05, 3.63) is 45.7 Å². The van der Waals surface area contributed by atoms with Crippen molar-refractivity contribution in [2.24, 2.45) is 7.05 Å². The van der Waals surface area contributed by atoms with Crippen molar-refractivity contribution >= 4 is 33.3 Å². The number of carbonyl (C=O) groups is 1. The number of hydrogen-bond acceptors (Lipinski definition) is 4. The van der Waals surface area contributed by atoms with Gasteiger partial charge in [-0.2, -0.15) is 0 Å². The minimum Gasteiger partial charge on any atom is -0.461 e. The van der Waals surface area contributed by atoms with Gasteiger partial charge in [0.1, 0.15) is 10.6 Å². The zero-order valence-electron chi connectivity index (χ0n) is 14.8. The number of rotatable bonds is 5. The van der Waals surface area contributed by atoms with Crippen LogP contribution in [0, 0.1) is 20.8 Å². The molecule has 0 amide bonds. The molecule has 1 aromatic heterocycles. The molecular weight excluding hydrogens is 364 g/mol. The first-order chi connectivity index (χ1) is 11.6. The van der Waals surface area contributed by atoms with Gasteiger partial charge in [0, 0.05) is 23.3 Å². The van der Waals surface area contributed by atoms with E-state index >= 15 is 0 Å². The van der Waals surface area contributed by atoms with Crippen molar-refractivity contribution in [2.45, 2.75) is 32.6 Å². The van der Waals surface area contributed by atoms with Gasteiger partial charge in [-0.25, -0.2) is 13.2 Å². The molecule has 0 radical (unpaired) electrons. The lowest BCUT2D eigenvalue weighted by Crippen LogP contribution is -2.15. The third-order valence-electron chi connectivity index (χ3n) is 4.11. The number of benzene rings is 1. The quantitative estimate of drug-likeness (QED) is 0.799. The molecular formula is C17H21ClN2O4S. The Kier molecular flexibility index (Phi) is 5.49. The van der Waals surface area contributed by atoms with Crippen molar-refractivity contribution in [2.75, 3.05) is 11.3 Å². The molecule has 0 aliphatic carbocycles. The summed E-state index contributed by atoms with van der Waals surface area (Å²) in [5.74, 6) is -0.550. The van der Waals surface area contributed by atoms with E-state index in [4.69, 9.17) is 16.3 Å². The van der Waals surface area contributed by atoms with E-state index in [2.05, 4.69) is 4.72 Å². The first-order valence-electron chi connectivity index (χ1n) is 7.72. The summed E-state index contributed by atoms with van der Waals surface area (Å²) in [7, 11) is -2.26. The lowest BCUT2D eigenvalue weighted by atomic mass is 10.2. The number of halogens is 1. The Hall–Kier alpha value is -1.99. The van der Waals surface area contributed by atoms with Gasteiger partial charge in [0.2, 0.25) is 0 Å². The van der Waals surface area contributed by atoms with E-state index < -0.39 is 16.0 Å². The Morgan fingerprint density at radius 2 is 1.88 bits per heavy atom. The molecule has 136 valence electrons. The molecule has 0 fully saturated rings. The molecule has 0 unspecified atom stereocenters. The lowest BCUT2D eigenvalue weighted by molar-refractivity contribution is 0.0514. The van der Waals surface area contributed by atoms with Crippen LogP contribution in [-0.2, 0) is 21.8 Å². The summed E-state index contributed by atoms with van der Waals surface area (Å²) in [6.07, 6.45) is 0.